The Labute approximate surface area is 129 Å². The van der Waals surface area contributed by atoms with Crippen molar-refractivity contribution in [3.8, 4) is 0 Å². The Hall–Kier alpha value is -1.85. The summed E-state index contributed by atoms with van der Waals surface area (Å²) in [7, 11) is -3.17. The van der Waals surface area contributed by atoms with Crippen LogP contribution in [0.1, 0.15) is 12.5 Å². The number of hydrogen-bond donors (Lipinski definition) is 1. The molecule has 0 saturated carbocycles. The molecular formula is C15H15ClN2O2S. The lowest BCUT2D eigenvalue weighted by atomic mass is 10.1. The third kappa shape index (κ3) is 4.31. The molecule has 0 fully saturated rings. The molecule has 0 aliphatic carbocycles. The van der Waals surface area contributed by atoms with Gasteiger partial charge >= 0.3 is 0 Å². The molecule has 0 aromatic heterocycles. The van der Waals surface area contributed by atoms with Crippen LogP contribution >= 0.6 is 11.6 Å². The van der Waals surface area contributed by atoms with Crippen molar-refractivity contribution in [1.82, 2.24) is 0 Å². The molecule has 0 saturated heterocycles. The van der Waals surface area contributed by atoms with E-state index < -0.39 is 9.84 Å². The van der Waals surface area contributed by atoms with Crippen LogP contribution in [0.15, 0.2) is 58.5 Å². The number of nitrogens with one attached hydrogen (secondary N) is 1. The van der Waals surface area contributed by atoms with Crippen LogP contribution in [0.25, 0.3) is 0 Å². The molecule has 0 aliphatic rings. The zero-order chi connectivity index (χ0) is 15.5. The molecule has 21 heavy (non-hydrogen) atoms. The monoisotopic (exact) mass is 322 g/mol. The Kier molecular flexibility index (Phi) is 4.65. The number of sulfone groups is 1. The largest absolute Gasteiger partial charge is 0.278 e. The molecule has 0 spiro atoms. The van der Waals surface area contributed by atoms with Crippen molar-refractivity contribution in [3.63, 3.8) is 0 Å². The molecule has 0 atom stereocenters. The zero-order valence-electron chi connectivity index (χ0n) is 11.7. The van der Waals surface area contributed by atoms with Crippen molar-refractivity contribution in [3.05, 3.63) is 59.1 Å². The fourth-order valence-corrected chi connectivity index (χ4v) is 2.44. The number of nitrogens with zero attached hydrogens (tertiary/aromatic N) is 1. The van der Waals surface area contributed by atoms with E-state index in [0.29, 0.717) is 9.92 Å². The van der Waals surface area contributed by atoms with Crippen molar-refractivity contribution in [1.29, 1.82) is 0 Å². The maximum absolute atomic E-state index is 11.4. The molecule has 0 radical (unpaired) electrons. The molecule has 6 heteroatoms. The summed E-state index contributed by atoms with van der Waals surface area (Å²) in [5, 5.41) is 4.92. The predicted octanol–water partition coefficient (Wildman–Crippen LogP) is 3.58. The molecule has 2 aromatic rings. The Bertz CT molecular complexity index is 751. The van der Waals surface area contributed by atoms with Gasteiger partial charge in [0.1, 0.15) is 0 Å². The summed E-state index contributed by atoms with van der Waals surface area (Å²) in [4.78, 5) is 0.296. The topological polar surface area (TPSA) is 58.5 Å². The third-order valence-electron chi connectivity index (χ3n) is 2.90. The quantitative estimate of drug-likeness (QED) is 0.691. The predicted molar refractivity (Wildman–Crippen MR) is 86.8 cm³/mol. The Morgan fingerprint density at radius 2 is 1.62 bits per heavy atom. The van der Waals surface area contributed by atoms with E-state index in [9.17, 15) is 8.42 Å². The van der Waals surface area contributed by atoms with Gasteiger partial charge < -0.3 is 0 Å². The number of benzene rings is 2. The molecule has 1 N–H and O–H groups in total. The van der Waals surface area contributed by atoms with Gasteiger partial charge in [-0.05, 0) is 48.9 Å². The molecule has 110 valence electrons. The van der Waals surface area contributed by atoms with Crippen LogP contribution in [-0.4, -0.2) is 20.4 Å². The van der Waals surface area contributed by atoms with Crippen LogP contribution < -0.4 is 5.43 Å². The Morgan fingerprint density at radius 3 is 2.14 bits per heavy atom. The van der Waals surface area contributed by atoms with Crippen LogP contribution in [-0.2, 0) is 9.84 Å². The highest BCUT2D eigenvalue weighted by Crippen LogP contribution is 2.14. The Morgan fingerprint density at radius 1 is 1.05 bits per heavy atom. The summed E-state index contributed by atoms with van der Waals surface area (Å²) in [5.74, 6) is 0. The lowest BCUT2D eigenvalue weighted by Gasteiger charge is -2.05. The molecule has 0 unspecified atom stereocenters. The zero-order valence-corrected chi connectivity index (χ0v) is 13.2. The normalized spacial score (nSPS) is 12.2. The maximum Gasteiger partial charge on any atom is 0.175 e. The SMILES string of the molecule is C/C(=N/Nc1ccc(Cl)cc1)c1ccc(S(C)(=O)=O)cc1. The summed E-state index contributed by atoms with van der Waals surface area (Å²) in [6, 6.07) is 13.8. The highest BCUT2D eigenvalue weighted by molar-refractivity contribution is 7.90. The highest BCUT2D eigenvalue weighted by atomic mass is 35.5. The summed E-state index contributed by atoms with van der Waals surface area (Å²) in [6.45, 7) is 1.85. The van der Waals surface area contributed by atoms with E-state index in [1.807, 2.05) is 19.1 Å². The minimum absolute atomic E-state index is 0.296. The average molecular weight is 323 g/mol. The fraction of sp³-hybridized carbons (Fsp3) is 0.133. The smallest absolute Gasteiger partial charge is 0.175 e. The molecule has 2 aromatic carbocycles. The van der Waals surface area contributed by atoms with Crippen molar-refractivity contribution >= 4 is 32.8 Å². The van der Waals surface area contributed by atoms with E-state index in [-0.39, 0.29) is 0 Å². The van der Waals surface area contributed by atoms with Crippen LogP contribution in [0.3, 0.4) is 0 Å². The average Bonchev–Trinajstić information content (AvgIpc) is 2.45. The number of halogens is 1. The minimum atomic E-state index is -3.17. The maximum atomic E-state index is 11.4. The van der Waals surface area contributed by atoms with Gasteiger partial charge in [0.2, 0.25) is 0 Å². The lowest BCUT2D eigenvalue weighted by Crippen LogP contribution is -2.01. The molecule has 2 rings (SSSR count). The van der Waals surface area contributed by atoms with Crippen molar-refractivity contribution in [2.75, 3.05) is 11.7 Å². The summed E-state index contributed by atoms with van der Waals surface area (Å²) in [5.41, 5.74) is 5.36. The lowest BCUT2D eigenvalue weighted by molar-refractivity contribution is 0.602. The number of hydrazone groups is 1. The second-order valence-corrected chi connectivity index (χ2v) is 7.06. The summed E-state index contributed by atoms with van der Waals surface area (Å²) in [6.07, 6.45) is 1.19. The van der Waals surface area contributed by atoms with Crippen molar-refractivity contribution in [2.45, 2.75) is 11.8 Å². The van der Waals surface area contributed by atoms with Gasteiger partial charge in [-0.2, -0.15) is 5.10 Å². The van der Waals surface area contributed by atoms with Gasteiger partial charge in [-0.25, -0.2) is 8.42 Å². The van der Waals surface area contributed by atoms with Crippen LogP contribution in [0.5, 0.6) is 0 Å². The van der Waals surface area contributed by atoms with Crippen molar-refractivity contribution in [2.24, 2.45) is 5.10 Å². The minimum Gasteiger partial charge on any atom is -0.278 e. The van der Waals surface area contributed by atoms with Gasteiger partial charge in [-0.3, -0.25) is 5.43 Å². The third-order valence-corrected chi connectivity index (χ3v) is 4.28. The molecule has 4 nitrogen and oxygen atoms in total. The first-order chi connectivity index (χ1) is 9.86. The summed E-state index contributed by atoms with van der Waals surface area (Å²) < 4.78 is 22.8. The van der Waals surface area contributed by atoms with Crippen LogP contribution in [0.2, 0.25) is 5.02 Å². The van der Waals surface area contributed by atoms with Gasteiger partial charge in [0.15, 0.2) is 9.84 Å². The van der Waals surface area contributed by atoms with E-state index in [0.717, 1.165) is 17.0 Å². The summed E-state index contributed by atoms with van der Waals surface area (Å²) >= 11 is 5.81. The molecule has 0 aliphatic heterocycles. The first-order valence-corrected chi connectivity index (χ1v) is 8.49. The van der Waals surface area contributed by atoms with E-state index in [1.54, 1.807) is 36.4 Å². The van der Waals surface area contributed by atoms with E-state index in [2.05, 4.69) is 10.5 Å². The Balaban J connectivity index is 2.14. The molecule has 0 bridgehead atoms. The van der Waals surface area contributed by atoms with Gasteiger partial charge in [0.05, 0.1) is 16.3 Å². The number of anilines is 1. The van der Waals surface area contributed by atoms with Gasteiger partial charge in [-0.15, -0.1) is 0 Å². The van der Waals surface area contributed by atoms with E-state index in [1.165, 1.54) is 6.26 Å². The van der Waals surface area contributed by atoms with Crippen LogP contribution in [0, 0.1) is 0 Å². The number of rotatable bonds is 4. The highest BCUT2D eigenvalue weighted by Gasteiger charge is 2.06. The molecule has 0 amide bonds. The fourth-order valence-electron chi connectivity index (χ4n) is 1.68. The second-order valence-electron chi connectivity index (χ2n) is 4.61. The van der Waals surface area contributed by atoms with Crippen LogP contribution in [0.4, 0.5) is 5.69 Å². The second kappa shape index (κ2) is 6.28. The van der Waals surface area contributed by atoms with Gasteiger partial charge in [0, 0.05) is 11.3 Å². The standard InChI is InChI=1S/C15H15ClN2O2S/c1-11(17-18-14-7-5-13(16)6-8-14)12-3-9-15(10-4-12)21(2,19)20/h3-10,18H,1-2H3/b17-11-. The first-order valence-electron chi connectivity index (χ1n) is 6.22. The van der Waals surface area contributed by atoms with Crippen molar-refractivity contribution < 1.29 is 8.42 Å². The first kappa shape index (κ1) is 15.5. The van der Waals surface area contributed by atoms with E-state index >= 15 is 0 Å². The number of hydrogen-bond acceptors (Lipinski definition) is 4. The molecular weight excluding hydrogens is 308 g/mol. The van der Waals surface area contributed by atoms with Gasteiger partial charge in [-0.1, -0.05) is 23.7 Å². The van der Waals surface area contributed by atoms with E-state index in [4.69, 9.17) is 11.6 Å². The van der Waals surface area contributed by atoms with Gasteiger partial charge in [0.25, 0.3) is 0 Å². The molecule has 0 heterocycles.